The van der Waals surface area contributed by atoms with E-state index in [1.165, 1.54) is 0 Å². The van der Waals surface area contributed by atoms with Crippen LogP contribution in [0.3, 0.4) is 0 Å². The van der Waals surface area contributed by atoms with Gasteiger partial charge in [-0.05, 0) is 12.3 Å². The molecule has 19 heavy (non-hydrogen) atoms. The van der Waals surface area contributed by atoms with Crippen LogP contribution >= 0.6 is 11.6 Å². The van der Waals surface area contributed by atoms with Gasteiger partial charge in [-0.1, -0.05) is 13.8 Å². The zero-order valence-electron chi connectivity index (χ0n) is 12.1. The molecule has 1 atom stereocenters. The highest BCUT2D eigenvalue weighted by Crippen LogP contribution is 2.29. The van der Waals surface area contributed by atoms with Crippen LogP contribution in [-0.2, 0) is 6.54 Å². The van der Waals surface area contributed by atoms with Gasteiger partial charge in [0.15, 0.2) is 11.5 Å². The fourth-order valence-corrected chi connectivity index (χ4v) is 2.23. The molecule has 108 valence electrons. The van der Waals surface area contributed by atoms with E-state index in [9.17, 15) is 0 Å². The Labute approximate surface area is 120 Å². The highest BCUT2D eigenvalue weighted by atomic mass is 35.5. The summed E-state index contributed by atoms with van der Waals surface area (Å²) < 4.78 is 10.6. The van der Waals surface area contributed by atoms with Crippen LogP contribution in [0.2, 0.25) is 0 Å². The van der Waals surface area contributed by atoms with Gasteiger partial charge in [0.2, 0.25) is 0 Å². The number of pyridine rings is 1. The van der Waals surface area contributed by atoms with Crippen molar-refractivity contribution in [2.24, 2.45) is 5.92 Å². The van der Waals surface area contributed by atoms with E-state index in [0.29, 0.717) is 35.9 Å². The van der Waals surface area contributed by atoms with Crippen LogP contribution < -0.4 is 14.8 Å². The van der Waals surface area contributed by atoms with Crippen molar-refractivity contribution in [2.45, 2.75) is 32.9 Å². The molecule has 1 heterocycles. The first kappa shape index (κ1) is 16.1. The summed E-state index contributed by atoms with van der Waals surface area (Å²) in [6.07, 6.45) is 2.66. The van der Waals surface area contributed by atoms with Gasteiger partial charge in [0.1, 0.15) is 0 Å². The zero-order valence-corrected chi connectivity index (χ0v) is 12.8. The number of aromatic nitrogens is 1. The Hall–Kier alpha value is -1.00. The zero-order chi connectivity index (χ0) is 14.3. The smallest absolute Gasteiger partial charge is 0.183 e. The van der Waals surface area contributed by atoms with Crippen molar-refractivity contribution in [1.82, 2.24) is 10.3 Å². The minimum Gasteiger partial charge on any atom is -0.493 e. The van der Waals surface area contributed by atoms with E-state index < -0.39 is 0 Å². The number of hydrogen-bond donors (Lipinski definition) is 1. The van der Waals surface area contributed by atoms with E-state index >= 15 is 0 Å². The highest BCUT2D eigenvalue weighted by molar-refractivity contribution is 6.17. The van der Waals surface area contributed by atoms with Gasteiger partial charge in [-0.2, -0.15) is 0 Å². The van der Waals surface area contributed by atoms with E-state index in [4.69, 9.17) is 21.1 Å². The van der Waals surface area contributed by atoms with Gasteiger partial charge in [-0.3, -0.25) is 4.98 Å². The number of methoxy groups -OCH3 is 2. The van der Waals surface area contributed by atoms with Crippen LogP contribution in [0.5, 0.6) is 11.5 Å². The van der Waals surface area contributed by atoms with Crippen LogP contribution in [0, 0.1) is 5.92 Å². The molecular formula is C14H23ClN2O2. The molecule has 0 saturated heterocycles. The first-order chi connectivity index (χ1) is 9.13. The Morgan fingerprint density at radius 3 is 2.58 bits per heavy atom. The largest absolute Gasteiger partial charge is 0.493 e. The molecule has 0 aliphatic heterocycles. The molecule has 4 nitrogen and oxygen atoms in total. The molecule has 0 spiro atoms. The lowest BCUT2D eigenvalue weighted by Crippen LogP contribution is -2.34. The highest BCUT2D eigenvalue weighted by Gasteiger charge is 2.15. The van der Waals surface area contributed by atoms with E-state index in [0.717, 1.165) is 12.1 Å². The molecule has 1 rings (SSSR count). The number of rotatable bonds is 8. The Balaban J connectivity index is 2.76. The molecule has 1 N–H and O–H groups in total. The third-order valence-corrected chi connectivity index (χ3v) is 3.34. The number of ether oxygens (including phenoxy) is 2. The van der Waals surface area contributed by atoms with Crippen LogP contribution in [-0.4, -0.2) is 31.1 Å². The van der Waals surface area contributed by atoms with E-state index in [1.807, 2.05) is 0 Å². The summed E-state index contributed by atoms with van der Waals surface area (Å²) >= 11 is 5.83. The van der Waals surface area contributed by atoms with Crippen molar-refractivity contribution in [3.63, 3.8) is 0 Å². The van der Waals surface area contributed by atoms with Gasteiger partial charge in [0.25, 0.3) is 0 Å². The van der Waals surface area contributed by atoms with Gasteiger partial charge in [0, 0.05) is 30.7 Å². The summed E-state index contributed by atoms with van der Waals surface area (Å²) in [5.74, 6) is 2.56. The summed E-state index contributed by atoms with van der Waals surface area (Å²) in [7, 11) is 3.25. The monoisotopic (exact) mass is 286 g/mol. The topological polar surface area (TPSA) is 43.4 Å². The second-order valence-corrected chi connectivity index (χ2v) is 5.08. The Morgan fingerprint density at radius 1 is 1.32 bits per heavy atom. The lowest BCUT2D eigenvalue weighted by atomic mass is 10.0. The van der Waals surface area contributed by atoms with Gasteiger partial charge < -0.3 is 14.8 Å². The average molecular weight is 287 g/mol. The Bertz CT molecular complexity index is 386. The summed E-state index contributed by atoms with van der Waals surface area (Å²) in [5.41, 5.74) is 0.849. The van der Waals surface area contributed by atoms with Crippen molar-refractivity contribution < 1.29 is 9.47 Å². The van der Waals surface area contributed by atoms with E-state index in [1.54, 1.807) is 26.5 Å². The second kappa shape index (κ2) is 8.23. The normalized spacial score (nSPS) is 12.5. The fraction of sp³-hybridized carbons (Fsp3) is 0.643. The summed E-state index contributed by atoms with van der Waals surface area (Å²) in [5, 5.41) is 3.48. The third-order valence-electron chi connectivity index (χ3n) is 3.12. The van der Waals surface area contributed by atoms with Gasteiger partial charge in [0.05, 0.1) is 19.9 Å². The van der Waals surface area contributed by atoms with Gasteiger partial charge in [-0.15, -0.1) is 11.6 Å². The lowest BCUT2D eigenvalue weighted by molar-refractivity contribution is 0.342. The lowest BCUT2D eigenvalue weighted by Gasteiger charge is -2.22. The summed E-state index contributed by atoms with van der Waals surface area (Å²) in [4.78, 5) is 4.35. The molecule has 1 unspecified atom stereocenters. The number of hydrogen-bond acceptors (Lipinski definition) is 4. The van der Waals surface area contributed by atoms with Crippen molar-refractivity contribution >= 4 is 11.6 Å². The van der Waals surface area contributed by atoms with E-state index in [2.05, 4.69) is 24.1 Å². The van der Waals surface area contributed by atoms with Crippen LogP contribution in [0.15, 0.2) is 12.3 Å². The first-order valence-corrected chi connectivity index (χ1v) is 7.02. The predicted octanol–water partition coefficient (Wildman–Crippen LogP) is 2.84. The maximum absolute atomic E-state index is 5.83. The maximum Gasteiger partial charge on any atom is 0.183 e. The van der Waals surface area contributed by atoms with Crippen LogP contribution in [0.1, 0.15) is 26.0 Å². The van der Waals surface area contributed by atoms with Gasteiger partial charge >= 0.3 is 0 Å². The number of alkyl halides is 1. The maximum atomic E-state index is 5.83. The molecule has 0 bridgehead atoms. The Morgan fingerprint density at radius 2 is 2.05 bits per heavy atom. The van der Waals surface area contributed by atoms with Crippen molar-refractivity contribution in [3.05, 3.63) is 18.0 Å². The fourth-order valence-electron chi connectivity index (χ4n) is 1.99. The predicted molar refractivity (Wildman–Crippen MR) is 78.1 cm³/mol. The molecule has 0 aromatic carbocycles. The quantitative estimate of drug-likeness (QED) is 0.746. The molecule has 0 aliphatic rings. The minimum absolute atomic E-state index is 0.371. The molecular weight excluding hydrogens is 264 g/mol. The third kappa shape index (κ3) is 4.55. The summed E-state index contributed by atoms with van der Waals surface area (Å²) in [6.45, 7) is 5.00. The van der Waals surface area contributed by atoms with Crippen LogP contribution in [0.25, 0.3) is 0 Å². The molecule has 1 aromatic heterocycles. The number of nitrogens with zero attached hydrogens (tertiary/aromatic N) is 1. The van der Waals surface area contributed by atoms with Crippen LogP contribution in [0.4, 0.5) is 0 Å². The van der Waals surface area contributed by atoms with Gasteiger partial charge in [-0.25, -0.2) is 0 Å². The van der Waals surface area contributed by atoms with Crippen molar-refractivity contribution in [2.75, 3.05) is 20.1 Å². The number of halogens is 1. The minimum atomic E-state index is 0.371. The van der Waals surface area contributed by atoms with E-state index in [-0.39, 0.29) is 0 Å². The molecule has 1 aromatic rings. The Kier molecular flexibility index (Phi) is 6.95. The average Bonchev–Trinajstić information content (AvgIpc) is 2.42. The number of nitrogens with one attached hydrogen (secondary N) is 1. The molecule has 5 heteroatoms. The van der Waals surface area contributed by atoms with Crippen molar-refractivity contribution in [3.8, 4) is 11.5 Å². The molecule has 0 saturated carbocycles. The molecule has 0 fully saturated rings. The molecule has 0 amide bonds. The molecule has 0 aliphatic carbocycles. The SMILES string of the molecule is COc1ccnc(CNC(CCCl)C(C)C)c1OC. The molecule has 0 radical (unpaired) electrons. The second-order valence-electron chi connectivity index (χ2n) is 4.70. The standard InChI is InChI=1S/C14H23ClN2O2/c1-10(2)11(5-7-15)17-9-12-14(19-4)13(18-3)6-8-16-12/h6,8,10-11,17H,5,7,9H2,1-4H3. The van der Waals surface area contributed by atoms with Crippen molar-refractivity contribution in [1.29, 1.82) is 0 Å². The summed E-state index contributed by atoms with van der Waals surface area (Å²) in [6, 6.07) is 2.16. The first-order valence-electron chi connectivity index (χ1n) is 6.49.